The maximum absolute atomic E-state index is 4.31. The lowest BCUT2D eigenvalue weighted by Crippen LogP contribution is -2.08. The van der Waals surface area contributed by atoms with Crippen molar-refractivity contribution in [2.75, 3.05) is 11.9 Å². The second kappa shape index (κ2) is 5.12. The summed E-state index contributed by atoms with van der Waals surface area (Å²) in [5.41, 5.74) is 1.13. The molecule has 0 bridgehead atoms. The number of hydrogen-bond acceptors (Lipinski definition) is 3. The lowest BCUT2D eigenvalue weighted by atomic mass is 10.3. The van der Waals surface area contributed by atoms with Crippen LogP contribution >= 0.6 is 15.9 Å². The van der Waals surface area contributed by atoms with Gasteiger partial charge in [-0.1, -0.05) is 0 Å². The van der Waals surface area contributed by atoms with Crippen molar-refractivity contribution in [1.29, 1.82) is 0 Å². The zero-order chi connectivity index (χ0) is 11.4. The molecule has 16 heavy (non-hydrogen) atoms. The summed E-state index contributed by atoms with van der Waals surface area (Å²) in [6, 6.07) is 2.04. The molecule has 0 amide bonds. The van der Waals surface area contributed by atoms with Crippen molar-refractivity contribution in [3.63, 3.8) is 0 Å². The average molecular weight is 281 g/mol. The number of aromatic nitrogens is 3. The van der Waals surface area contributed by atoms with Crippen LogP contribution in [0.5, 0.6) is 0 Å². The second-order valence-corrected chi connectivity index (χ2v) is 4.45. The SMILES string of the molecule is Cc1cc(Br)cnc1NCCc1ncc[nH]1. The summed E-state index contributed by atoms with van der Waals surface area (Å²) in [4.78, 5) is 11.5. The Kier molecular flexibility index (Phi) is 3.56. The van der Waals surface area contributed by atoms with Crippen LogP contribution in [-0.2, 0) is 6.42 Å². The smallest absolute Gasteiger partial charge is 0.128 e. The number of rotatable bonds is 4. The molecule has 0 saturated heterocycles. The van der Waals surface area contributed by atoms with Gasteiger partial charge in [0, 0.05) is 36.0 Å². The zero-order valence-electron chi connectivity index (χ0n) is 9.00. The second-order valence-electron chi connectivity index (χ2n) is 3.53. The number of nitrogens with one attached hydrogen (secondary N) is 2. The van der Waals surface area contributed by atoms with Crippen molar-refractivity contribution in [3.05, 3.63) is 40.5 Å². The molecule has 84 valence electrons. The molecule has 0 aliphatic carbocycles. The summed E-state index contributed by atoms with van der Waals surface area (Å²) >= 11 is 3.39. The number of hydrogen-bond donors (Lipinski definition) is 2. The normalized spacial score (nSPS) is 10.4. The van der Waals surface area contributed by atoms with E-state index in [9.17, 15) is 0 Å². The van der Waals surface area contributed by atoms with Crippen molar-refractivity contribution in [3.8, 4) is 0 Å². The number of nitrogens with zero attached hydrogens (tertiary/aromatic N) is 2. The van der Waals surface area contributed by atoms with E-state index in [4.69, 9.17) is 0 Å². The lowest BCUT2D eigenvalue weighted by Gasteiger charge is -2.07. The fraction of sp³-hybridized carbons (Fsp3) is 0.273. The van der Waals surface area contributed by atoms with E-state index in [2.05, 4.69) is 36.2 Å². The molecule has 2 rings (SSSR count). The number of aromatic amines is 1. The van der Waals surface area contributed by atoms with Gasteiger partial charge >= 0.3 is 0 Å². The first-order chi connectivity index (χ1) is 7.75. The average Bonchev–Trinajstić information content (AvgIpc) is 2.74. The first-order valence-corrected chi connectivity index (χ1v) is 5.89. The van der Waals surface area contributed by atoms with Crippen molar-refractivity contribution in [1.82, 2.24) is 15.0 Å². The van der Waals surface area contributed by atoms with E-state index in [1.54, 1.807) is 12.4 Å². The minimum absolute atomic E-state index is 0.822. The number of halogens is 1. The maximum Gasteiger partial charge on any atom is 0.128 e. The molecule has 2 aromatic heterocycles. The minimum Gasteiger partial charge on any atom is -0.369 e. The number of anilines is 1. The van der Waals surface area contributed by atoms with Gasteiger partial charge in [-0.05, 0) is 34.5 Å². The molecule has 2 aromatic rings. The summed E-state index contributed by atoms with van der Waals surface area (Å²) in [5, 5.41) is 3.29. The monoisotopic (exact) mass is 280 g/mol. The Labute approximate surface area is 103 Å². The van der Waals surface area contributed by atoms with Gasteiger partial charge in [-0.2, -0.15) is 0 Å². The topological polar surface area (TPSA) is 53.6 Å². The van der Waals surface area contributed by atoms with Crippen molar-refractivity contribution >= 4 is 21.7 Å². The molecule has 0 aliphatic heterocycles. The summed E-state index contributed by atoms with van der Waals surface area (Å²) in [5.74, 6) is 1.91. The van der Waals surface area contributed by atoms with Crippen molar-refractivity contribution in [2.45, 2.75) is 13.3 Å². The van der Waals surface area contributed by atoms with E-state index in [1.165, 1.54) is 0 Å². The van der Waals surface area contributed by atoms with Gasteiger partial charge < -0.3 is 10.3 Å². The molecule has 5 heteroatoms. The maximum atomic E-state index is 4.31. The van der Waals surface area contributed by atoms with Gasteiger partial charge in [0.1, 0.15) is 11.6 Å². The number of H-pyrrole nitrogens is 1. The first-order valence-electron chi connectivity index (χ1n) is 5.10. The van der Waals surface area contributed by atoms with E-state index in [0.717, 1.165) is 34.6 Å². The third kappa shape index (κ3) is 2.82. The van der Waals surface area contributed by atoms with E-state index >= 15 is 0 Å². The zero-order valence-corrected chi connectivity index (χ0v) is 10.6. The highest BCUT2D eigenvalue weighted by Gasteiger charge is 2.00. The Hall–Kier alpha value is -1.36. The molecule has 0 unspecified atom stereocenters. The molecule has 0 aromatic carbocycles. The Morgan fingerprint density at radius 2 is 2.31 bits per heavy atom. The molecule has 0 fully saturated rings. The predicted molar refractivity (Wildman–Crippen MR) is 67.5 cm³/mol. The van der Waals surface area contributed by atoms with Gasteiger partial charge in [0.05, 0.1) is 0 Å². The summed E-state index contributed by atoms with van der Waals surface area (Å²) < 4.78 is 1.00. The fourth-order valence-corrected chi connectivity index (χ4v) is 1.91. The van der Waals surface area contributed by atoms with Gasteiger partial charge in [0.25, 0.3) is 0 Å². The van der Waals surface area contributed by atoms with Crippen LogP contribution in [0.2, 0.25) is 0 Å². The molecule has 0 radical (unpaired) electrons. The largest absolute Gasteiger partial charge is 0.369 e. The quantitative estimate of drug-likeness (QED) is 0.905. The van der Waals surface area contributed by atoms with Crippen LogP contribution in [0.25, 0.3) is 0 Å². The van der Waals surface area contributed by atoms with Gasteiger partial charge in [-0.3, -0.25) is 0 Å². The molecule has 0 saturated carbocycles. The van der Waals surface area contributed by atoms with Crippen LogP contribution in [0.1, 0.15) is 11.4 Å². The predicted octanol–water partition coefficient (Wildman–Crippen LogP) is 2.53. The summed E-state index contributed by atoms with van der Waals surface area (Å²) in [6.45, 7) is 2.86. The molecule has 0 spiro atoms. The molecule has 2 heterocycles. The Balaban J connectivity index is 1.90. The van der Waals surface area contributed by atoms with E-state index in [1.807, 2.05) is 19.2 Å². The molecule has 4 nitrogen and oxygen atoms in total. The summed E-state index contributed by atoms with van der Waals surface area (Å²) in [7, 11) is 0. The minimum atomic E-state index is 0.822. The van der Waals surface area contributed by atoms with Crippen LogP contribution < -0.4 is 5.32 Å². The van der Waals surface area contributed by atoms with Gasteiger partial charge in [-0.25, -0.2) is 9.97 Å². The molecule has 0 aliphatic rings. The standard InChI is InChI=1S/C11H13BrN4/c1-8-6-9(12)7-16-11(8)15-3-2-10-13-4-5-14-10/h4-7H,2-3H2,1H3,(H,13,14)(H,15,16). The fourth-order valence-electron chi connectivity index (χ4n) is 1.46. The highest BCUT2D eigenvalue weighted by Crippen LogP contribution is 2.16. The Morgan fingerprint density at radius 3 is 3.00 bits per heavy atom. The summed E-state index contributed by atoms with van der Waals surface area (Å²) in [6.07, 6.45) is 6.25. The third-order valence-corrected chi connectivity index (χ3v) is 2.69. The van der Waals surface area contributed by atoms with Crippen LogP contribution in [0.3, 0.4) is 0 Å². The van der Waals surface area contributed by atoms with Crippen LogP contribution in [0, 0.1) is 6.92 Å². The molecule has 2 N–H and O–H groups in total. The van der Waals surface area contributed by atoms with Crippen molar-refractivity contribution in [2.24, 2.45) is 0 Å². The number of imidazole rings is 1. The van der Waals surface area contributed by atoms with Gasteiger partial charge in [0.15, 0.2) is 0 Å². The lowest BCUT2D eigenvalue weighted by molar-refractivity contribution is 0.919. The molecule has 0 atom stereocenters. The number of pyridine rings is 1. The van der Waals surface area contributed by atoms with Crippen molar-refractivity contribution < 1.29 is 0 Å². The first kappa shape index (κ1) is 11.1. The highest BCUT2D eigenvalue weighted by molar-refractivity contribution is 9.10. The van der Waals surface area contributed by atoms with Crippen LogP contribution in [0.4, 0.5) is 5.82 Å². The van der Waals surface area contributed by atoms with Crippen LogP contribution in [-0.4, -0.2) is 21.5 Å². The van der Waals surface area contributed by atoms with Gasteiger partial charge in [-0.15, -0.1) is 0 Å². The number of aryl methyl sites for hydroxylation is 1. The Morgan fingerprint density at radius 1 is 1.44 bits per heavy atom. The van der Waals surface area contributed by atoms with E-state index < -0.39 is 0 Å². The van der Waals surface area contributed by atoms with E-state index in [-0.39, 0.29) is 0 Å². The Bertz CT molecular complexity index is 453. The van der Waals surface area contributed by atoms with E-state index in [0.29, 0.717) is 0 Å². The highest BCUT2D eigenvalue weighted by atomic mass is 79.9. The molecular formula is C11H13BrN4. The van der Waals surface area contributed by atoms with Crippen LogP contribution in [0.15, 0.2) is 29.1 Å². The molecular weight excluding hydrogens is 268 g/mol. The van der Waals surface area contributed by atoms with Gasteiger partial charge in [0.2, 0.25) is 0 Å². The third-order valence-electron chi connectivity index (χ3n) is 2.25.